The van der Waals surface area contributed by atoms with Crippen LogP contribution in [-0.2, 0) is 11.2 Å². The number of benzene rings is 2. The van der Waals surface area contributed by atoms with Crippen LogP contribution in [0.25, 0.3) is 11.1 Å². The van der Waals surface area contributed by atoms with Crippen LogP contribution in [0, 0.1) is 0 Å². The third-order valence-corrected chi connectivity index (χ3v) is 4.21. The van der Waals surface area contributed by atoms with E-state index in [0.717, 1.165) is 36.3 Å². The third kappa shape index (κ3) is 4.60. The number of rotatable bonds is 7. The van der Waals surface area contributed by atoms with Crippen molar-refractivity contribution < 1.29 is 14.3 Å². The van der Waals surface area contributed by atoms with Crippen LogP contribution in [0.2, 0.25) is 0 Å². The largest absolute Gasteiger partial charge is 0.493 e. The lowest BCUT2D eigenvalue weighted by Crippen LogP contribution is -2.25. The van der Waals surface area contributed by atoms with E-state index in [1.54, 1.807) is 0 Å². The zero-order chi connectivity index (χ0) is 17.6. The Balaban J connectivity index is 1.62. The molecule has 3 rings (SSSR count). The van der Waals surface area contributed by atoms with E-state index in [1.165, 1.54) is 5.56 Å². The van der Waals surface area contributed by atoms with Crippen molar-refractivity contribution in [3.8, 4) is 16.9 Å². The maximum absolute atomic E-state index is 12.3. The number of ether oxygens (including phenoxy) is 2. The summed E-state index contributed by atoms with van der Waals surface area (Å²) in [5.41, 5.74) is 4.01. The lowest BCUT2D eigenvalue weighted by molar-refractivity contribution is 0.0757. The summed E-state index contributed by atoms with van der Waals surface area (Å²) in [6.45, 7) is 6.04. The molecule has 0 fully saturated rings. The standard InChI is InChI=1S/C21H25NO3/c1-15(2)24-11-4-10-22-21(23)19-6-3-5-17(13-19)18-8-7-16-9-12-25-20(16)14-18/h3,5-8,13-15H,4,9-12H2,1-2H3,(H,22,23). The van der Waals surface area contributed by atoms with Gasteiger partial charge < -0.3 is 14.8 Å². The van der Waals surface area contributed by atoms with Crippen molar-refractivity contribution in [1.82, 2.24) is 5.32 Å². The van der Waals surface area contributed by atoms with Gasteiger partial charge in [0.15, 0.2) is 0 Å². The maximum atomic E-state index is 12.3. The van der Waals surface area contributed by atoms with Crippen molar-refractivity contribution in [2.24, 2.45) is 0 Å². The zero-order valence-corrected chi connectivity index (χ0v) is 14.9. The van der Waals surface area contributed by atoms with Gasteiger partial charge in [0, 0.05) is 25.1 Å². The fraction of sp³-hybridized carbons (Fsp3) is 0.381. The van der Waals surface area contributed by atoms with E-state index >= 15 is 0 Å². The number of nitrogens with one attached hydrogen (secondary N) is 1. The molecule has 1 aliphatic rings. The van der Waals surface area contributed by atoms with Gasteiger partial charge in [-0.1, -0.05) is 24.3 Å². The Bertz CT molecular complexity index is 740. The van der Waals surface area contributed by atoms with Gasteiger partial charge in [-0.05, 0) is 55.2 Å². The van der Waals surface area contributed by atoms with Gasteiger partial charge in [0.05, 0.1) is 12.7 Å². The summed E-state index contributed by atoms with van der Waals surface area (Å²) in [4.78, 5) is 12.3. The second-order valence-electron chi connectivity index (χ2n) is 6.53. The van der Waals surface area contributed by atoms with Crippen LogP contribution in [0.1, 0.15) is 36.2 Å². The van der Waals surface area contributed by atoms with E-state index in [1.807, 2.05) is 38.1 Å². The highest BCUT2D eigenvalue weighted by Crippen LogP contribution is 2.31. The summed E-state index contributed by atoms with van der Waals surface area (Å²) in [5, 5.41) is 2.95. The van der Waals surface area contributed by atoms with Crippen molar-refractivity contribution in [2.75, 3.05) is 19.8 Å². The number of hydrogen-bond acceptors (Lipinski definition) is 3. The quantitative estimate of drug-likeness (QED) is 0.780. The highest BCUT2D eigenvalue weighted by Gasteiger charge is 2.13. The molecule has 0 spiro atoms. The Morgan fingerprint density at radius 1 is 1.20 bits per heavy atom. The van der Waals surface area contributed by atoms with Crippen LogP contribution < -0.4 is 10.1 Å². The molecule has 1 N–H and O–H groups in total. The molecular formula is C21H25NO3. The number of carbonyl (C=O) groups excluding carboxylic acids is 1. The monoisotopic (exact) mass is 339 g/mol. The Kier molecular flexibility index (Phi) is 5.71. The maximum Gasteiger partial charge on any atom is 0.251 e. The number of carbonyl (C=O) groups is 1. The minimum absolute atomic E-state index is 0.0520. The predicted octanol–water partition coefficient (Wildman–Crippen LogP) is 3.83. The van der Waals surface area contributed by atoms with Gasteiger partial charge in [-0.25, -0.2) is 0 Å². The van der Waals surface area contributed by atoms with E-state index in [9.17, 15) is 4.79 Å². The minimum Gasteiger partial charge on any atom is -0.493 e. The van der Waals surface area contributed by atoms with Crippen LogP contribution >= 0.6 is 0 Å². The molecule has 25 heavy (non-hydrogen) atoms. The van der Waals surface area contributed by atoms with Crippen molar-refractivity contribution in [3.63, 3.8) is 0 Å². The summed E-state index contributed by atoms with van der Waals surface area (Å²) in [7, 11) is 0. The number of amides is 1. The summed E-state index contributed by atoms with van der Waals surface area (Å²) >= 11 is 0. The van der Waals surface area contributed by atoms with Crippen LogP contribution in [-0.4, -0.2) is 31.8 Å². The summed E-state index contributed by atoms with van der Waals surface area (Å²) in [6, 6.07) is 14.0. The van der Waals surface area contributed by atoms with E-state index in [-0.39, 0.29) is 12.0 Å². The highest BCUT2D eigenvalue weighted by atomic mass is 16.5. The van der Waals surface area contributed by atoms with Crippen LogP contribution in [0.15, 0.2) is 42.5 Å². The first-order chi connectivity index (χ1) is 12.1. The summed E-state index contributed by atoms with van der Waals surface area (Å²) in [5.74, 6) is 0.904. The molecule has 0 saturated carbocycles. The van der Waals surface area contributed by atoms with Gasteiger partial charge in [-0.15, -0.1) is 0 Å². The molecular weight excluding hydrogens is 314 g/mol. The molecule has 0 saturated heterocycles. The van der Waals surface area contributed by atoms with E-state index < -0.39 is 0 Å². The van der Waals surface area contributed by atoms with Gasteiger partial charge in [0.2, 0.25) is 0 Å². The molecule has 1 amide bonds. The molecule has 0 atom stereocenters. The Morgan fingerprint density at radius 2 is 2.04 bits per heavy atom. The average molecular weight is 339 g/mol. The molecule has 1 aliphatic heterocycles. The minimum atomic E-state index is -0.0520. The first-order valence-corrected chi connectivity index (χ1v) is 8.89. The Hall–Kier alpha value is -2.33. The molecule has 4 heteroatoms. The van der Waals surface area contributed by atoms with Crippen molar-refractivity contribution in [1.29, 1.82) is 0 Å². The number of fused-ring (bicyclic) bond motifs is 1. The van der Waals surface area contributed by atoms with Gasteiger partial charge >= 0.3 is 0 Å². The fourth-order valence-electron chi connectivity index (χ4n) is 2.88. The van der Waals surface area contributed by atoms with E-state index in [2.05, 4.69) is 23.5 Å². The number of hydrogen-bond donors (Lipinski definition) is 1. The third-order valence-electron chi connectivity index (χ3n) is 4.21. The molecule has 1 heterocycles. The molecule has 0 aromatic heterocycles. The second-order valence-corrected chi connectivity index (χ2v) is 6.53. The molecule has 2 aromatic carbocycles. The average Bonchev–Trinajstić information content (AvgIpc) is 3.09. The molecule has 2 aromatic rings. The molecule has 0 radical (unpaired) electrons. The van der Waals surface area contributed by atoms with Gasteiger partial charge in [-0.3, -0.25) is 4.79 Å². The molecule has 0 aliphatic carbocycles. The van der Waals surface area contributed by atoms with Crippen LogP contribution in [0.3, 0.4) is 0 Å². The van der Waals surface area contributed by atoms with Crippen LogP contribution in [0.5, 0.6) is 5.75 Å². The fourth-order valence-corrected chi connectivity index (χ4v) is 2.88. The van der Waals surface area contributed by atoms with Crippen LogP contribution in [0.4, 0.5) is 0 Å². The SMILES string of the molecule is CC(C)OCCCNC(=O)c1cccc(-c2ccc3c(c2)OCC3)c1. The first-order valence-electron chi connectivity index (χ1n) is 8.89. The lowest BCUT2D eigenvalue weighted by atomic mass is 10.0. The Labute approximate surface area is 149 Å². The van der Waals surface area contributed by atoms with Gasteiger partial charge in [-0.2, -0.15) is 0 Å². The smallest absolute Gasteiger partial charge is 0.251 e. The normalized spacial score (nSPS) is 12.8. The van der Waals surface area contributed by atoms with E-state index in [4.69, 9.17) is 9.47 Å². The molecule has 4 nitrogen and oxygen atoms in total. The summed E-state index contributed by atoms with van der Waals surface area (Å²) in [6.07, 6.45) is 2.01. The topological polar surface area (TPSA) is 47.6 Å². The first kappa shape index (κ1) is 17.5. The molecule has 0 unspecified atom stereocenters. The zero-order valence-electron chi connectivity index (χ0n) is 14.9. The van der Waals surface area contributed by atoms with Crippen molar-refractivity contribution in [2.45, 2.75) is 32.8 Å². The second kappa shape index (κ2) is 8.17. The molecule has 132 valence electrons. The predicted molar refractivity (Wildman–Crippen MR) is 99.1 cm³/mol. The van der Waals surface area contributed by atoms with Crippen molar-refractivity contribution in [3.05, 3.63) is 53.6 Å². The van der Waals surface area contributed by atoms with Gasteiger partial charge in [0.1, 0.15) is 5.75 Å². The van der Waals surface area contributed by atoms with Crippen molar-refractivity contribution >= 4 is 5.91 Å². The Morgan fingerprint density at radius 3 is 2.88 bits per heavy atom. The molecule has 0 bridgehead atoms. The lowest BCUT2D eigenvalue weighted by Gasteiger charge is -2.09. The van der Waals surface area contributed by atoms with Gasteiger partial charge in [0.25, 0.3) is 5.91 Å². The summed E-state index contributed by atoms with van der Waals surface area (Å²) < 4.78 is 11.1. The van der Waals surface area contributed by atoms with E-state index in [0.29, 0.717) is 18.7 Å². The highest BCUT2D eigenvalue weighted by molar-refractivity contribution is 5.95.